The first-order valence-corrected chi connectivity index (χ1v) is 6.71. The second kappa shape index (κ2) is 7.14. The first-order chi connectivity index (χ1) is 10.7. The van der Waals surface area contributed by atoms with Crippen molar-refractivity contribution in [2.24, 2.45) is 0 Å². The van der Waals surface area contributed by atoms with E-state index in [4.69, 9.17) is 14.4 Å². The molecule has 112 valence electrons. The molecule has 5 heteroatoms. The predicted octanol–water partition coefficient (Wildman–Crippen LogP) is 3.43. The fraction of sp³-hybridized carbons (Fsp3) is 0.176. The predicted molar refractivity (Wildman–Crippen MR) is 80.9 cm³/mol. The molecule has 0 fully saturated rings. The summed E-state index contributed by atoms with van der Waals surface area (Å²) >= 11 is 0. The molecule has 0 atom stereocenters. The van der Waals surface area contributed by atoms with Crippen LogP contribution in [0.2, 0.25) is 0 Å². The number of hydrogen-bond donors (Lipinski definition) is 0. The molecule has 0 N–H and O–H groups in total. The summed E-state index contributed by atoms with van der Waals surface area (Å²) in [4.78, 5) is 11.4. The maximum absolute atomic E-state index is 11.4. The van der Waals surface area contributed by atoms with Gasteiger partial charge in [0.05, 0.1) is 19.3 Å². The summed E-state index contributed by atoms with van der Waals surface area (Å²) in [5.41, 5.74) is 0.682. The van der Waals surface area contributed by atoms with Crippen molar-refractivity contribution in [3.05, 3.63) is 47.7 Å². The molecular weight excluding hydrogens is 282 g/mol. The SMILES string of the molecule is CCOc1ccccc1-c1ccc(/C=C(\C#N)C(=O)OC)o1. The van der Waals surface area contributed by atoms with Gasteiger partial charge in [-0.25, -0.2) is 4.79 Å². The Labute approximate surface area is 128 Å². The number of nitriles is 1. The number of ether oxygens (including phenoxy) is 2. The molecule has 0 aliphatic heterocycles. The van der Waals surface area contributed by atoms with E-state index in [2.05, 4.69) is 4.74 Å². The van der Waals surface area contributed by atoms with Crippen LogP contribution in [0, 0.1) is 11.3 Å². The van der Waals surface area contributed by atoms with Gasteiger partial charge < -0.3 is 13.9 Å². The molecule has 2 rings (SSSR count). The first kappa shape index (κ1) is 15.4. The van der Waals surface area contributed by atoms with Gasteiger partial charge in [0, 0.05) is 6.08 Å². The summed E-state index contributed by atoms with van der Waals surface area (Å²) in [5.74, 6) is 0.999. The van der Waals surface area contributed by atoms with Gasteiger partial charge in [-0.15, -0.1) is 0 Å². The third kappa shape index (κ3) is 3.36. The van der Waals surface area contributed by atoms with Crippen LogP contribution < -0.4 is 4.74 Å². The van der Waals surface area contributed by atoms with Crippen molar-refractivity contribution in [3.8, 4) is 23.1 Å². The third-order valence-corrected chi connectivity index (χ3v) is 2.89. The molecule has 0 radical (unpaired) electrons. The lowest BCUT2D eigenvalue weighted by atomic mass is 10.1. The van der Waals surface area contributed by atoms with E-state index in [1.54, 1.807) is 18.2 Å². The zero-order chi connectivity index (χ0) is 15.9. The number of nitrogens with zero attached hydrogens (tertiary/aromatic N) is 1. The minimum atomic E-state index is -0.699. The monoisotopic (exact) mass is 297 g/mol. The standard InChI is InChI=1S/C17H15NO4/c1-3-21-15-7-5-4-6-14(15)16-9-8-13(22-16)10-12(11-18)17(19)20-2/h4-10H,3H2,1-2H3/b12-10+. The minimum absolute atomic E-state index is 0.124. The van der Waals surface area contributed by atoms with Crippen LogP contribution in [0.4, 0.5) is 0 Å². The van der Waals surface area contributed by atoms with Gasteiger partial charge in [-0.05, 0) is 31.2 Å². The van der Waals surface area contributed by atoms with E-state index in [0.717, 1.165) is 5.56 Å². The maximum Gasteiger partial charge on any atom is 0.348 e. The van der Waals surface area contributed by atoms with E-state index in [1.807, 2.05) is 31.2 Å². The zero-order valence-electron chi connectivity index (χ0n) is 12.3. The highest BCUT2D eigenvalue weighted by Crippen LogP contribution is 2.31. The number of rotatable bonds is 5. The molecule has 2 aromatic rings. The Bertz CT molecular complexity index is 737. The second-order valence-corrected chi connectivity index (χ2v) is 4.29. The number of carbonyl (C=O) groups is 1. The van der Waals surface area contributed by atoms with Crippen LogP contribution in [-0.2, 0) is 9.53 Å². The molecule has 1 aromatic carbocycles. The Hall–Kier alpha value is -3.00. The van der Waals surface area contributed by atoms with Gasteiger partial charge in [-0.2, -0.15) is 5.26 Å². The Morgan fingerprint density at radius 2 is 2.09 bits per heavy atom. The van der Waals surface area contributed by atoms with Gasteiger partial charge in [0.25, 0.3) is 0 Å². The molecule has 1 aromatic heterocycles. The number of furan rings is 1. The van der Waals surface area contributed by atoms with Crippen LogP contribution >= 0.6 is 0 Å². The van der Waals surface area contributed by atoms with Crippen molar-refractivity contribution >= 4 is 12.0 Å². The molecule has 0 saturated heterocycles. The van der Waals surface area contributed by atoms with E-state index in [-0.39, 0.29) is 5.57 Å². The number of esters is 1. The highest BCUT2D eigenvalue weighted by molar-refractivity contribution is 5.97. The van der Waals surface area contributed by atoms with Crippen LogP contribution in [-0.4, -0.2) is 19.7 Å². The third-order valence-electron chi connectivity index (χ3n) is 2.89. The van der Waals surface area contributed by atoms with Crippen molar-refractivity contribution in [3.63, 3.8) is 0 Å². The van der Waals surface area contributed by atoms with Gasteiger partial charge in [0.2, 0.25) is 0 Å². The molecular formula is C17H15NO4. The van der Waals surface area contributed by atoms with Gasteiger partial charge in [-0.1, -0.05) is 12.1 Å². The summed E-state index contributed by atoms with van der Waals surface area (Å²) in [7, 11) is 1.22. The number of hydrogen-bond acceptors (Lipinski definition) is 5. The van der Waals surface area contributed by atoms with E-state index in [1.165, 1.54) is 13.2 Å². The first-order valence-electron chi connectivity index (χ1n) is 6.71. The quantitative estimate of drug-likeness (QED) is 0.480. The van der Waals surface area contributed by atoms with Gasteiger partial charge in [0.15, 0.2) is 0 Å². The van der Waals surface area contributed by atoms with Gasteiger partial charge in [-0.3, -0.25) is 0 Å². The number of carbonyl (C=O) groups excluding carboxylic acids is 1. The van der Waals surface area contributed by atoms with Crippen LogP contribution in [0.15, 0.2) is 46.4 Å². The highest BCUT2D eigenvalue weighted by Gasteiger charge is 2.12. The molecule has 22 heavy (non-hydrogen) atoms. The van der Waals surface area contributed by atoms with E-state index in [0.29, 0.717) is 23.9 Å². The molecule has 0 aliphatic carbocycles. The lowest BCUT2D eigenvalue weighted by molar-refractivity contribution is -0.135. The highest BCUT2D eigenvalue weighted by atomic mass is 16.5. The van der Waals surface area contributed by atoms with Crippen LogP contribution in [0.3, 0.4) is 0 Å². The topological polar surface area (TPSA) is 72.5 Å². The van der Waals surface area contributed by atoms with Crippen LogP contribution in [0.25, 0.3) is 17.4 Å². The molecule has 1 heterocycles. The largest absolute Gasteiger partial charge is 0.493 e. The lowest BCUT2D eigenvalue weighted by Gasteiger charge is -2.07. The molecule has 0 bridgehead atoms. The maximum atomic E-state index is 11.4. The zero-order valence-corrected chi connectivity index (χ0v) is 12.3. The number of methoxy groups -OCH3 is 1. The van der Waals surface area contributed by atoms with Crippen molar-refractivity contribution < 1.29 is 18.7 Å². The molecule has 5 nitrogen and oxygen atoms in total. The van der Waals surface area contributed by atoms with Crippen molar-refractivity contribution in [2.75, 3.05) is 13.7 Å². The Morgan fingerprint density at radius 3 is 2.77 bits per heavy atom. The Balaban J connectivity index is 2.35. The van der Waals surface area contributed by atoms with E-state index >= 15 is 0 Å². The Kier molecular flexibility index (Phi) is 4.99. The fourth-order valence-electron chi connectivity index (χ4n) is 1.92. The smallest absolute Gasteiger partial charge is 0.348 e. The fourth-order valence-corrected chi connectivity index (χ4v) is 1.92. The van der Waals surface area contributed by atoms with Gasteiger partial charge in [0.1, 0.15) is 28.9 Å². The molecule has 0 aliphatic rings. The lowest BCUT2D eigenvalue weighted by Crippen LogP contribution is -2.02. The summed E-state index contributed by atoms with van der Waals surface area (Å²) in [5, 5.41) is 8.95. The minimum Gasteiger partial charge on any atom is -0.493 e. The van der Waals surface area contributed by atoms with Crippen molar-refractivity contribution in [1.29, 1.82) is 5.26 Å². The normalized spacial score (nSPS) is 10.9. The molecule has 0 saturated carbocycles. The Morgan fingerprint density at radius 1 is 1.32 bits per heavy atom. The molecule has 0 amide bonds. The number of para-hydroxylation sites is 1. The van der Waals surface area contributed by atoms with Gasteiger partial charge >= 0.3 is 5.97 Å². The second-order valence-electron chi connectivity index (χ2n) is 4.29. The van der Waals surface area contributed by atoms with Crippen molar-refractivity contribution in [1.82, 2.24) is 0 Å². The number of benzene rings is 1. The van der Waals surface area contributed by atoms with E-state index in [9.17, 15) is 4.79 Å². The summed E-state index contributed by atoms with van der Waals surface area (Å²) in [6, 6.07) is 12.7. The molecule has 0 spiro atoms. The van der Waals surface area contributed by atoms with Crippen LogP contribution in [0.1, 0.15) is 12.7 Å². The van der Waals surface area contributed by atoms with E-state index < -0.39 is 5.97 Å². The summed E-state index contributed by atoms with van der Waals surface area (Å²) in [6.45, 7) is 2.45. The average molecular weight is 297 g/mol. The van der Waals surface area contributed by atoms with Crippen molar-refractivity contribution in [2.45, 2.75) is 6.92 Å². The summed E-state index contributed by atoms with van der Waals surface area (Å²) in [6.07, 6.45) is 1.35. The summed E-state index contributed by atoms with van der Waals surface area (Å²) < 4.78 is 15.8. The van der Waals surface area contributed by atoms with Crippen LogP contribution in [0.5, 0.6) is 5.75 Å². The molecule has 0 unspecified atom stereocenters. The average Bonchev–Trinajstić information content (AvgIpc) is 3.01.